The maximum absolute atomic E-state index is 13.0. The number of rotatable bonds is 8. The van der Waals surface area contributed by atoms with Gasteiger partial charge in [0.15, 0.2) is 0 Å². The number of sulfonamides is 1. The molecule has 4 rings (SSSR count). The van der Waals surface area contributed by atoms with Crippen LogP contribution < -0.4 is 10.9 Å². The van der Waals surface area contributed by atoms with Crippen LogP contribution in [0.4, 0.5) is 0 Å². The molecule has 2 aromatic rings. The topological polar surface area (TPSA) is 103 Å². The first-order valence-corrected chi connectivity index (χ1v) is 13.5. The van der Waals surface area contributed by atoms with Crippen LogP contribution >= 0.6 is 0 Å². The van der Waals surface area contributed by atoms with Gasteiger partial charge in [0.2, 0.25) is 15.6 Å². The summed E-state index contributed by atoms with van der Waals surface area (Å²) in [6.45, 7) is 5.80. The molecule has 180 valence electrons. The molecule has 0 spiro atoms. The van der Waals surface area contributed by atoms with E-state index in [2.05, 4.69) is 22.1 Å². The maximum Gasteiger partial charge on any atom is 0.252 e. The lowest BCUT2D eigenvalue weighted by Crippen LogP contribution is -2.40. The monoisotopic (exact) mass is 474 g/mol. The van der Waals surface area contributed by atoms with E-state index >= 15 is 0 Å². The van der Waals surface area contributed by atoms with Gasteiger partial charge in [-0.05, 0) is 63.3 Å². The number of hydrogen-bond acceptors (Lipinski definition) is 5. The number of nitrogens with zero attached hydrogens (tertiary/aromatic N) is 2. The number of likely N-dealkylation sites (tertiary alicyclic amines) is 1. The number of amides is 1. The van der Waals surface area contributed by atoms with Gasteiger partial charge in [-0.25, -0.2) is 8.42 Å². The summed E-state index contributed by atoms with van der Waals surface area (Å²) in [7, 11) is -3.62. The first-order chi connectivity index (χ1) is 15.9. The first-order valence-electron chi connectivity index (χ1n) is 12.1. The third-order valence-electron chi connectivity index (χ3n) is 6.89. The molecule has 0 saturated carbocycles. The molecule has 2 aliphatic heterocycles. The Labute approximate surface area is 195 Å². The largest absolute Gasteiger partial charge is 0.352 e. The standard InChI is InChI=1S/C24H34N4O4S/c1-2-18-8-3-4-12-27(18)13-7-11-25-24(30)21-17-23(29)26-22-10-9-19(16-20(21)22)33(31,32)28-14-5-6-15-28/h9-10,16-18H,2-8,11-15H2,1H3,(H,25,30)(H,26,29)/t18-/m1/s1. The molecule has 3 heterocycles. The van der Waals surface area contributed by atoms with E-state index in [4.69, 9.17) is 0 Å². The molecule has 33 heavy (non-hydrogen) atoms. The molecule has 0 unspecified atom stereocenters. The lowest BCUT2D eigenvalue weighted by Gasteiger charge is -2.35. The zero-order chi connectivity index (χ0) is 23.4. The van der Waals surface area contributed by atoms with Gasteiger partial charge in [-0.1, -0.05) is 13.3 Å². The van der Waals surface area contributed by atoms with Crippen molar-refractivity contribution in [2.45, 2.75) is 62.8 Å². The van der Waals surface area contributed by atoms with E-state index in [0.717, 1.165) is 38.8 Å². The molecule has 2 N–H and O–H groups in total. The molecule has 0 bridgehead atoms. The number of piperidine rings is 1. The summed E-state index contributed by atoms with van der Waals surface area (Å²) in [5.41, 5.74) is 0.269. The van der Waals surface area contributed by atoms with Crippen LogP contribution in [0, 0.1) is 0 Å². The Balaban J connectivity index is 1.49. The Kier molecular flexibility index (Phi) is 7.51. The second-order valence-corrected chi connectivity index (χ2v) is 11.0. The van der Waals surface area contributed by atoms with E-state index in [9.17, 15) is 18.0 Å². The van der Waals surface area contributed by atoms with Gasteiger partial charge in [-0.15, -0.1) is 0 Å². The van der Waals surface area contributed by atoms with Crippen LogP contribution in [0.25, 0.3) is 10.9 Å². The van der Waals surface area contributed by atoms with Crippen molar-refractivity contribution in [2.24, 2.45) is 0 Å². The van der Waals surface area contributed by atoms with Crippen molar-refractivity contribution in [3.63, 3.8) is 0 Å². The Bertz CT molecular complexity index is 1150. The lowest BCUT2D eigenvalue weighted by atomic mass is 10.00. The zero-order valence-electron chi connectivity index (χ0n) is 19.3. The van der Waals surface area contributed by atoms with E-state index in [-0.39, 0.29) is 21.9 Å². The van der Waals surface area contributed by atoms with E-state index in [0.29, 0.717) is 36.6 Å². The number of carbonyl (C=O) groups excluding carboxylic acids is 1. The highest BCUT2D eigenvalue weighted by atomic mass is 32.2. The van der Waals surface area contributed by atoms with Gasteiger partial charge in [0.25, 0.3) is 5.91 Å². The fourth-order valence-electron chi connectivity index (χ4n) is 5.05. The fourth-order valence-corrected chi connectivity index (χ4v) is 6.60. The minimum absolute atomic E-state index is 0.147. The number of fused-ring (bicyclic) bond motifs is 1. The summed E-state index contributed by atoms with van der Waals surface area (Å²) in [6.07, 6.45) is 7.44. The van der Waals surface area contributed by atoms with Crippen molar-refractivity contribution < 1.29 is 13.2 Å². The van der Waals surface area contributed by atoms with E-state index in [1.165, 1.54) is 41.8 Å². The average molecular weight is 475 g/mol. The van der Waals surface area contributed by atoms with Crippen LogP contribution in [0.3, 0.4) is 0 Å². The lowest BCUT2D eigenvalue weighted by molar-refractivity contribution is 0.0948. The van der Waals surface area contributed by atoms with Gasteiger partial charge in [-0.2, -0.15) is 4.31 Å². The second-order valence-electron chi connectivity index (χ2n) is 9.07. The third kappa shape index (κ3) is 5.31. The van der Waals surface area contributed by atoms with Crippen LogP contribution in [0.5, 0.6) is 0 Å². The molecule has 1 amide bonds. The molecule has 1 atom stereocenters. The minimum Gasteiger partial charge on any atom is -0.352 e. The van der Waals surface area contributed by atoms with Crippen molar-refractivity contribution in [3.05, 3.63) is 40.2 Å². The van der Waals surface area contributed by atoms with Crippen LogP contribution in [-0.2, 0) is 10.0 Å². The van der Waals surface area contributed by atoms with Crippen LogP contribution in [0.2, 0.25) is 0 Å². The number of H-pyrrole nitrogens is 1. The normalized spacial score (nSPS) is 20.3. The van der Waals surface area contributed by atoms with Gasteiger partial charge in [0, 0.05) is 49.2 Å². The Morgan fingerprint density at radius 2 is 1.88 bits per heavy atom. The molecule has 1 aromatic heterocycles. The molecule has 2 fully saturated rings. The highest BCUT2D eigenvalue weighted by molar-refractivity contribution is 7.89. The molecule has 2 aliphatic rings. The Morgan fingerprint density at radius 1 is 1.12 bits per heavy atom. The highest BCUT2D eigenvalue weighted by Gasteiger charge is 2.28. The summed E-state index contributed by atoms with van der Waals surface area (Å²) in [6, 6.07) is 6.45. The smallest absolute Gasteiger partial charge is 0.252 e. The summed E-state index contributed by atoms with van der Waals surface area (Å²) < 4.78 is 27.5. The average Bonchev–Trinajstić information content (AvgIpc) is 3.37. The van der Waals surface area contributed by atoms with Crippen molar-refractivity contribution in [1.82, 2.24) is 19.5 Å². The molecule has 1 aromatic carbocycles. The van der Waals surface area contributed by atoms with Crippen molar-refractivity contribution in [1.29, 1.82) is 0 Å². The quantitative estimate of drug-likeness (QED) is 0.573. The highest BCUT2D eigenvalue weighted by Crippen LogP contribution is 2.25. The van der Waals surface area contributed by atoms with Gasteiger partial charge in [0.1, 0.15) is 0 Å². The molecule has 2 saturated heterocycles. The molecule has 0 radical (unpaired) electrons. The van der Waals surface area contributed by atoms with Crippen molar-refractivity contribution in [3.8, 4) is 0 Å². The van der Waals surface area contributed by atoms with Gasteiger partial charge >= 0.3 is 0 Å². The van der Waals surface area contributed by atoms with E-state index in [1.54, 1.807) is 6.07 Å². The van der Waals surface area contributed by atoms with E-state index in [1.807, 2.05) is 0 Å². The van der Waals surface area contributed by atoms with Crippen LogP contribution in [0.1, 0.15) is 62.2 Å². The predicted molar refractivity (Wildman–Crippen MR) is 129 cm³/mol. The fraction of sp³-hybridized carbons (Fsp3) is 0.583. The molecule has 8 nitrogen and oxygen atoms in total. The third-order valence-corrected chi connectivity index (χ3v) is 8.78. The number of aromatic nitrogens is 1. The summed E-state index contributed by atoms with van der Waals surface area (Å²) in [4.78, 5) is 30.5. The second kappa shape index (κ2) is 10.4. The SMILES string of the molecule is CC[C@@H]1CCCCN1CCCNC(=O)c1cc(=O)[nH]c2ccc(S(=O)(=O)N3CCCC3)cc12. The molecular weight excluding hydrogens is 440 g/mol. The van der Waals surface area contributed by atoms with Crippen molar-refractivity contribution >= 4 is 26.8 Å². The number of nitrogens with one attached hydrogen (secondary N) is 2. The summed E-state index contributed by atoms with van der Waals surface area (Å²) in [5, 5.41) is 3.37. The number of pyridine rings is 1. The molecule has 9 heteroatoms. The molecular formula is C24H34N4O4S. The Hall–Kier alpha value is -2.23. The number of carbonyl (C=O) groups is 1. The predicted octanol–water partition coefficient (Wildman–Crippen LogP) is 2.70. The zero-order valence-corrected chi connectivity index (χ0v) is 20.1. The van der Waals surface area contributed by atoms with Crippen LogP contribution in [-0.4, -0.2) is 67.3 Å². The van der Waals surface area contributed by atoms with Gasteiger partial charge < -0.3 is 15.2 Å². The maximum atomic E-state index is 13.0. The Morgan fingerprint density at radius 3 is 2.64 bits per heavy atom. The van der Waals surface area contributed by atoms with Crippen molar-refractivity contribution in [2.75, 3.05) is 32.7 Å². The first kappa shape index (κ1) is 23.9. The number of aromatic amines is 1. The minimum atomic E-state index is -3.62. The summed E-state index contributed by atoms with van der Waals surface area (Å²) in [5.74, 6) is -0.354. The van der Waals surface area contributed by atoms with Crippen LogP contribution in [0.15, 0.2) is 34.0 Å². The molecule has 0 aliphatic carbocycles. The van der Waals surface area contributed by atoms with Gasteiger partial charge in [-0.3, -0.25) is 9.59 Å². The number of benzene rings is 1. The van der Waals surface area contributed by atoms with Gasteiger partial charge in [0.05, 0.1) is 10.5 Å². The van der Waals surface area contributed by atoms with E-state index < -0.39 is 10.0 Å². The number of hydrogen-bond donors (Lipinski definition) is 2. The summed E-state index contributed by atoms with van der Waals surface area (Å²) >= 11 is 0.